The fourth-order valence-corrected chi connectivity index (χ4v) is 2.82. The Hall–Kier alpha value is -2.21. The van der Waals surface area contributed by atoms with Crippen molar-refractivity contribution in [2.45, 2.75) is 20.8 Å². The van der Waals surface area contributed by atoms with E-state index in [1.165, 1.54) is 12.1 Å². The van der Waals surface area contributed by atoms with E-state index in [1.807, 2.05) is 32.9 Å². The smallest absolute Gasteiger partial charge is 0.339 e. The molecule has 0 aliphatic heterocycles. The fourth-order valence-electron chi connectivity index (χ4n) is 2.48. The molecule has 6 heteroatoms. The first-order valence-corrected chi connectivity index (χ1v) is 8.07. The summed E-state index contributed by atoms with van der Waals surface area (Å²) in [5.74, 6) is -1.75. The van der Waals surface area contributed by atoms with Crippen LogP contribution in [0.15, 0.2) is 34.8 Å². The molecule has 2 aromatic carbocycles. The predicted molar refractivity (Wildman–Crippen MR) is 93.7 cm³/mol. The maximum absolute atomic E-state index is 13.7. The van der Waals surface area contributed by atoms with Gasteiger partial charge in [0.1, 0.15) is 5.82 Å². The average Bonchev–Trinajstić information content (AvgIpc) is 2.47. The van der Waals surface area contributed by atoms with Crippen LogP contribution in [0.4, 0.5) is 10.1 Å². The van der Waals surface area contributed by atoms with E-state index in [9.17, 15) is 14.0 Å². The molecule has 0 saturated heterocycles. The summed E-state index contributed by atoms with van der Waals surface area (Å²) in [5.41, 5.74) is 3.10. The Balaban J connectivity index is 2.00. The van der Waals surface area contributed by atoms with Crippen molar-refractivity contribution in [3.63, 3.8) is 0 Å². The lowest BCUT2D eigenvalue weighted by atomic mass is 10.00. The number of rotatable bonds is 4. The number of nitrogens with one attached hydrogen (secondary N) is 1. The van der Waals surface area contributed by atoms with E-state index < -0.39 is 24.3 Å². The van der Waals surface area contributed by atoms with Crippen LogP contribution in [-0.4, -0.2) is 18.5 Å². The zero-order valence-electron chi connectivity index (χ0n) is 13.6. The molecule has 0 heterocycles. The maximum Gasteiger partial charge on any atom is 0.339 e. The molecule has 1 amide bonds. The molecule has 2 aromatic rings. The summed E-state index contributed by atoms with van der Waals surface area (Å²) in [5, 5.41) is 2.37. The Kier molecular flexibility index (Phi) is 5.72. The number of benzene rings is 2. The highest BCUT2D eigenvalue weighted by Crippen LogP contribution is 2.20. The van der Waals surface area contributed by atoms with E-state index in [0.717, 1.165) is 16.7 Å². The molecule has 24 heavy (non-hydrogen) atoms. The van der Waals surface area contributed by atoms with Gasteiger partial charge >= 0.3 is 5.97 Å². The normalized spacial score (nSPS) is 10.4. The van der Waals surface area contributed by atoms with Gasteiger partial charge in [-0.1, -0.05) is 33.6 Å². The van der Waals surface area contributed by atoms with Crippen LogP contribution in [0.25, 0.3) is 0 Å². The molecule has 4 nitrogen and oxygen atoms in total. The number of halogens is 2. The third-order valence-corrected chi connectivity index (χ3v) is 3.91. The lowest BCUT2D eigenvalue weighted by molar-refractivity contribution is -0.119. The summed E-state index contributed by atoms with van der Waals surface area (Å²) in [4.78, 5) is 24.0. The summed E-state index contributed by atoms with van der Waals surface area (Å²) < 4.78 is 19.3. The van der Waals surface area contributed by atoms with Gasteiger partial charge in [-0.3, -0.25) is 4.79 Å². The Bertz CT molecular complexity index is 782. The molecule has 0 aliphatic rings. The van der Waals surface area contributed by atoms with Gasteiger partial charge in [-0.25, -0.2) is 9.18 Å². The van der Waals surface area contributed by atoms with E-state index in [-0.39, 0.29) is 5.69 Å². The van der Waals surface area contributed by atoms with E-state index in [2.05, 4.69) is 21.2 Å². The van der Waals surface area contributed by atoms with Crippen molar-refractivity contribution in [1.82, 2.24) is 0 Å². The average molecular weight is 394 g/mol. The molecule has 1 N–H and O–H groups in total. The number of carbonyl (C=O) groups is 2. The monoisotopic (exact) mass is 393 g/mol. The van der Waals surface area contributed by atoms with Crippen molar-refractivity contribution >= 4 is 33.5 Å². The standard InChI is InChI=1S/C18H17BrFNO3/c1-10-6-11(2)17(12(3)7-10)18(23)24-9-16(22)21-15-5-4-13(19)8-14(15)20/h4-8H,9H2,1-3H3,(H,21,22). The van der Waals surface area contributed by atoms with Crippen LogP contribution < -0.4 is 5.32 Å². The second kappa shape index (κ2) is 7.57. The first-order chi connectivity index (χ1) is 11.3. The summed E-state index contributed by atoms with van der Waals surface area (Å²) in [6.45, 7) is 5.08. The third-order valence-electron chi connectivity index (χ3n) is 3.42. The summed E-state index contributed by atoms with van der Waals surface area (Å²) in [6.07, 6.45) is 0. The minimum absolute atomic E-state index is 0.0296. The van der Waals surface area contributed by atoms with Crippen LogP contribution in [0.1, 0.15) is 27.0 Å². The molecule has 0 fully saturated rings. The highest BCUT2D eigenvalue weighted by Gasteiger charge is 2.16. The molecule has 0 spiro atoms. The van der Waals surface area contributed by atoms with Crippen LogP contribution in [0.3, 0.4) is 0 Å². The Morgan fingerprint density at radius 1 is 1.12 bits per heavy atom. The van der Waals surface area contributed by atoms with Crippen molar-refractivity contribution < 1.29 is 18.7 Å². The van der Waals surface area contributed by atoms with Crippen LogP contribution in [-0.2, 0) is 9.53 Å². The first-order valence-electron chi connectivity index (χ1n) is 7.28. The quantitative estimate of drug-likeness (QED) is 0.787. The minimum Gasteiger partial charge on any atom is -0.452 e. The number of esters is 1. The van der Waals surface area contributed by atoms with Crippen LogP contribution >= 0.6 is 15.9 Å². The predicted octanol–water partition coefficient (Wildman–Crippen LogP) is 4.31. The zero-order chi connectivity index (χ0) is 17.9. The molecule has 2 rings (SSSR count). The van der Waals surface area contributed by atoms with Crippen molar-refractivity contribution in [3.8, 4) is 0 Å². The molecule has 0 atom stereocenters. The summed E-state index contributed by atoms with van der Waals surface area (Å²) in [6, 6.07) is 8.01. The number of aryl methyl sites for hydroxylation is 3. The van der Waals surface area contributed by atoms with Gasteiger partial charge in [-0.2, -0.15) is 0 Å². The van der Waals surface area contributed by atoms with E-state index in [1.54, 1.807) is 6.07 Å². The minimum atomic E-state index is -0.605. The van der Waals surface area contributed by atoms with Gasteiger partial charge in [-0.05, 0) is 50.1 Å². The van der Waals surface area contributed by atoms with E-state index in [0.29, 0.717) is 10.0 Å². The highest BCUT2D eigenvalue weighted by atomic mass is 79.9. The molecule has 0 radical (unpaired) electrons. The molecule has 126 valence electrons. The lowest BCUT2D eigenvalue weighted by Gasteiger charge is -2.11. The van der Waals surface area contributed by atoms with Gasteiger partial charge in [0, 0.05) is 4.47 Å². The van der Waals surface area contributed by atoms with Crippen LogP contribution in [0.2, 0.25) is 0 Å². The molecule has 0 aliphatic carbocycles. The van der Waals surface area contributed by atoms with Crippen molar-refractivity contribution in [3.05, 3.63) is 62.9 Å². The third kappa shape index (κ3) is 4.41. The van der Waals surface area contributed by atoms with Crippen molar-refractivity contribution in [2.24, 2.45) is 0 Å². The number of hydrogen-bond donors (Lipinski definition) is 1. The van der Waals surface area contributed by atoms with E-state index in [4.69, 9.17) is 4.74 Å². The van der Waals surface area contributed by atoms with Crippen molar-refractivity contribution in [1.29, 1.82) is 0 Å². The van der Waals surface area contributed by atoms with Crippen molar-refractivity contribution in [2.75, 3.05) is 11.9 Å². The Morgan fingerprint density at radius 2 is 1.75 bits per heavy atom. The number of anilines is 1. The maximum atomic E-state index is 13.7. The topological polar surface area (TPSA) is 55.4 Å². The molecule has 0 unspecified atom stereocenters. The highest BCUT2D eigenvalue weighted by molar-refractivity contribution is 9.10. The largest absolute Gasteiger partial charge is 0.452 e. The van der Waals surface area contributed by atoms with E-state index >= 15 is 0 Å². The van der Waals surface area contributed by atoms with Gasteiger partial charge in [0.05, 0.1) is 11.3 Å². The fraction of sp³-hybridized carbons (Fsp3) is 0.222. The number of amides is 1. The van der Waals surface area contributed by atoms with Gasteiger partial charge in [0.25, 0.3) is 5.91 Å². The Labute approximate surface area is 148 Å². The summed E-state index contributed by atoms with van der Waals surface area (Å²) >= 11 is 3.13. The van der Waals surface area contributed by atoms with Gasteiger partial charge in [0.15, 0.2) is 6.61 Å². The van der Waals surface area contributed by atoms with Crippen LogP contribution in [0, 0.1) is 26.6 Å². The number of hydrogen-bond acceptors (Lipinski definition) is 3. The molecular weight excluding hydrogens is 377 g/mol. The lowest BCUT2D eigenvalue weighted by Crippen LogP contribution is -2.22. The van der Waals surface area contributed by atoms with Gasteiger partial charge in [-0.15, -0.1) is 0 Å². The second-order valence-electron chi connectivity index (χ2n) is 5.52. The molecular formula is C18H17BrFNO3. The second-order valence-corrected chi connectivity index (χ2v) is 6.44. The molecule has 0 saturated carbocycles. The number of carbonyl (C=O) groups excluding carboxylic acids is 2. The van der Waals surface area contributed by atoms with Gasteiger partial charge < -0.3 is 10.1 Å². The molecule has 0 aromatic heterocycles. The number of ether oxygens (including phenoxy) is 1. The SMILES string of the molecule is Cc1cc(C)c(C(=O)OCC(=O)Nc2ccc(Br)cc2F)c(C)c1. The molecule has 0 bridgehead atoms. The van der Waals surface area contributed by atoms with Crippen LogP contribution in [0.5, 0.6) is 0 Å². The van der Waals surface area contributed by atoms with Gasteiger partial charge in [0.2, 0.25) is 0 Å². The Morgan fingerprint density at radius 3 is 2.33 bits per heavy atom. The first kappa shape index (κ1) is 18.1. The zero-order valence-corrected chi connectivity index (χ0v) is 15.2. The summed E-state index contributed by atoms with van der Waals surface area (Å²) in [7, 11) is 0.